The predicted molar refractivity (Wildman–Crippen MR) is 116 cm³/mol. The highest BCUT2D eigenvalue weighted by molar-refractivity contribution is 5.80. The van der Waals surface area contributed by atoms with E-state index < -0.39 is 0 Å². The van der Waals surface area contributed by atoms with Crippen molar-refractivity contribution in [1.82, 2.24) is 19.4 Å². The molecule has 0 radical (unpaired) electrons. The largest absolute Gasteiger partial charge is 0.450 e. The van der Waals surface area contributed by atoms with E-state index in [-0.39, 0.29) is 35.2 Å². The molecule has 1 atom stereocenters. The van der Waals surface area contributed by atoms with Crippen molar-refractivity contribution < 1.29 is 14.3 Å². The topological polar surface area (TPSA) is 106 Å². The maximum Gasteiger partial charge on any atom is 0.409 e. The second-order valence-corrected chi connectivity index (χ2v) is 8.18. The Morgan fingerprint density at radius 1 is 1.13 bits per heavy atom. The molecule has 0 bridgehead atoms. The van der Waals surface area contributed by atoms with E-state index >= 15 is 0 Å². The Labute approximate surface area is 181 Å². The maximum atomic E-state index is 12.9. The third kappa shape index (κ3) is 5.11. The molecule has 10 heteroatoms. The zero-order chi connectivity index (χ0) is 22.5. The molecule has 1 N–H and O–H groups in total. The van der Waals surface area contributed by atoms with Gasteiger partial charge in [-0.05, 0) is 39.5 Å². The lowest BCUT2D eigenvalue weighted by Gasteiger charge is -2.36. The molecule has 2 fully saturated rings. The second-order valence-electron chi connectivity index (χ2n) is 8.18. The molecule has 3 heterocycles. The van der Waals surface area contributed by atoms with Gasteiger partial charge in [-0.2, -0.15) is 0 Å². The number of aromatic nitrogens is 2. The molecule has 0 unspecified atom stereocenters. The highest BCUT2D eigenvalue weighted by atomic mass is 16.6. The first-order chi connectivity index (χ1) is 14.8. The Morgan fingerprint density at radius 2 is 1.84 bits per heavy atom. The fourth-order valence-electron chi connectivity index (χ4n) is 4.36. The number of anilines is 1. The molecule has 0 saturated carbocycles. The zero-order valence-electron chi connectivity index (χ0n) is 18.6. The summed E-state index contributed by atoms with van der Waals surface area (Å²) < 4.78 is 7.71. The van der Waals surface area contributed by atoms with Gasteiger partial charge in [0.05, 0.1) is 12.5 Å². The number of hydrogen-bond donors (Lipinski definition) is 1. The SMILES string of the molecule is CCOC(=O)N1CCC(NC(=O)[C@@H]2CCCN(c3cc(=O)n(C)c(=O)n3CC)C2)CC1. The molecular weight excluding hydrogens is 402 g/mol. The van der Waals surface area contributed by atoms with E-state index in [0.717, 1.165) is 17.4 Å². The number of nitrogens with zero attached hydrogens (tertiary/aromatic N) is 4. The van der Waals surface area contributed by atoms with Gasteiger partial charge in [-0.3, -0.25) is 18.7 Å². The number of carbonyl (C=O) groups excluding carboxylic acids is 2. The van der Waals surface area contributed by atoms with Crippen LogP contribution in [0.3, 0.4) is 0 Å². The van der Waals surface area contributed by atoms with Crippen LogP contribution in [-0.4, -0.2) is 64.9 Å². The number of hydrogen-bond acceptors (Lipinski definition) is 6. The van der Waals surface area contributed by atoms with Gasteiger partial charge in [-0.1, -0.05) is 0 Å². The third-order valence-corrected chi connectivity index (χ3v) is 6.18. The van der Waals surface area contributed by atoms with E-state index in [4.69, 9.17) is 4.74 Å². The number of piperidine rings is 2. The Kier molecular flexibility index (Phi) is 7.40. The molecule has 1 aromatic heterocycles. The van der Waals surface area contributed by atoms with E-state index in [2.05, 4.69) is 5.32 Å². The minimum atomic E-state index is -0.343. The van der Waals surface area contributed by atoms with E-state index in [0.29, 0.717) is 58.0 Å². The zero-order valence-corrected chi connectivity index (χ0v) is 18.6. The van der Waals surface area contributed by atoms with Gasteiger partial charge < -0.3 is 19.9 Å². The minimum absolute atomic E-state index is 0.00601. The standard InChI is InChI=1S/C21H33N5O5/c1-4-26-17(13-18(27)23(3)20(26)29)25-10-6-7-15(14-25)19(28)22-16-8-11-24(12-9-16)21(30)31-5-2/h13,15-16H,4-12,14H2,1-3H3,(H,22,28)/t15-/m1/s1. The molecule has 2 saturated heterocycles. The summed E-state index contributed by atoms with van der Waals surface area (Å²) in [5.41, 5.74) is -0.686. The number of rotatable bonds is 5. The average molecular weight is 436 g/mol. The monoisotopic (exact) mass is 435 g/mol. The summed E-state index contributed by atoms with van der Waals surface area (Å²) in [7, 11) is 1.47. The molecule has 2 amide bonds. The molecular formula is C21H33N5O5. The Balaban J connectivity index is 1.62. The highest BCUT2D eigenvalue weighted by Crippen LogP contribution is 2.23. The van der Waals surface area contributed by atoms with E-state index in [1.807, 2.05) is 11.8 Å². The van der Waals surface area contributed by atoms with Crippen molar-refractivity contribution in [3.63, 3.8) is 0 Å². The van der Waals surface area contributed by atoms with E-state index in [1.165, 1.54) is 13.1 Å². The lowest BCUT2D eigenvalue weighted by Crippen LogP contribution is -2.51. The predicted octanol–water partition coefficient (Wildman–Crippen LogP) is 0.520. The number of carbonyl (C=O) groups is 2. The lowest BCUT2D eigenvalue weighted by atomic mass is 9.95. The van der Waals surface area contributed by atoms with Gasteiger partial charge in [0.1, 0.15) is 5.82 Å². The molecule has 172 valence electrons. The molecule has 2 aliphatic heterocycles. The van der Waals surface area contributed by atoms with Gasteiger partial charge in [-0.25, -0.2) is 9.59 Å². The van der Waals surface area contributed by atoms with Crippen LogP contribution in [0.15, 0.2) is 15.7 Å². The van der Waals surface area contributed by atoms with Crippen molar-refractivity contribution in [3.8, 4) is 0 Å². The highest BCUT2D eigenvalue weighted by Gasteiger charge is 2.30. The quantitative estimate of drug-likeness (QED) is 0.723. The molecule has 0 spiro atoms. The number of nitrogens with one attached hydrogen (secondary N) is 1. The summed E-state index contributed by atoms with van der Waals surface area (Å²) in [4.78, 5) is 53.0. The molecule has 3 rings (SSSR count). The molecule has 2 aliphatic rings. The minimum Gasteiger partial charge on any atom is -0.450 e. The first-order valence-corrected chi connectivity index (χ1v) is 11.1. The number of ether oxygens (including phenoxy) is 1. The van der Waals surface area contributed by atoms with Gasteiger partial charge >= 0.3 is 11.8 Å². The van der Waals surface area contributed by atoms with E-state index in [1.54, 1.807) is 16.4 Å². The summed E-state index contributed by atoms with van der Waals surface area (Å²) in [6.07, 6.45) is 2.68. The van der Waals surface area contributed by atoms with Crippen molar-refractivity contribution in [3.05, 3.63) is 26.9 Å². The first-order valence-electron chi connectivity index (χ1n) is 11.1. The van der Waals surface area contributed by atoms with Crippen molar-refractivity contribution >= 4 is 17.8 Å². The van der Waals surface area contributed by atoms with Gasteiger partial charge in [0.25, 0.3) is 5.56 Å². The van der Waals surface area contributed by atoms with E-state index in [9.17, 15) is 19.2 Å². The smallest absolute Gasteiger partial charge is 0.409 e. The number of likely N-dealkylation sites (tertiary alicyclic amines) is 1. The summed E-state index contributed by atoms with van der Waals surface area (Å²) in [5.74, 6) is 0.366. The van der Waals surface area contributed by atoms with Crippen molar-refractivity contribution in [2.24, 2.45) is 13.0 Å². The summed E-state index contributed by atoms with van der Waals surface area (Å²) in [5, 5.41) is 3.13. The second kappa shape index (κ2) is 10.0. The Bertz CT molecular complexity index is 916. The first kappa shape index (κ1) is 22.9. The average Bonchev–Trinajstić information content (AvgIpc) is 2.78. The van der Waals surface area contributed by atoms with Gasteiger partial charge in [0, 0.05) is 51.9 Å². The summed E-state index contributed by atoms with van der Waals surface area (Å²) >= 11 is 0. The van der Waals surface area contributed by atoms with Crippen LogP contribution in [0.1, 0.15) is 39.5 Å². The summed E-state index contributed by atoms with van der Waals surface area (Å²) in [6.45, 7) is 6.77. The van der Waals surface area contributed by atoms with Crippen LogP contribution in [0.2, 0.25) is 0 Å². The van der Waals surface area contributed by atoms with Gasteiger partial charge in [-0.15, -0.1) is 0 Å². The van der Waals surface area contributed by atoms with Gasteiger partial charge in [0.15, 0.2) is 0 Å². The fraction of sp³-hybridized carbons (Fsp3) is 0.714. The maximum absolute atomic E-state index is 12.9. The van der Waals surface area contributed by atoms with Crippen LogP contribution in [0.4, 0.5) is 10.6 Å². The van der Waals surface area contributed by atoms with Crippen molar-refractivity contribution in [2.45, 2.75) is 52.1 Å². The van der Waals surface area contributed by atoms with Crippen LogP contribution in [-0.2, 0) is 23.1 Å². The van der Waals surface area contributed by atoms with Crippen molar-refractivity contribution in [1.29, 1.82) is 0 Å². The van der Waals surface area contributed by atoms with Crippen LogP contribution in [0.25, 0.3) is 0 Å². The van der Waals surface area contributed by atoms with Crippen molar-refractivity contribution in [2.75, 3.05) is 37.7 Å². The lowest BCUT2D eigenvalue weighted by molar-refractivity contribution is -0.126. The van der Waals surface area contributed by atoms with Crippen LogP contribution in [0.5, 0.6) is 0 Å². The normalized spacial score (nSPS) is 19.9. The molecule has 10 nitrogen and oxygen atoms in total. The Morgan fingerprint density at radius 3 is 2.48 bits per heavy atom. The van der Waals surface area contributed by atoms with Crippen LogP contribution in [0, 0.1) is 5.92 Å². The molecule has 31 heavy (non-hydrogen) atoms. The molecule has 0 aliphatic carbocycles. The number of amides is 2. The van der Waals surface area contributed by atoms with Crippen LogP contribution >= 0.6 is 0 Å². The van der Waals surface area contributed by atoms with Gasteiger partial charge in [0.2, 0.25) is 5.91 Å². The summed E-state index contributed by atoms with van der Waals surface area (Å²) in [6, 6.07) is 1.52. The molecule has 1 aromatic rings. The Hall–Kier alpha value is -2.78. The fourth-order valence-corrected chi connectivity index (χ4v) is 4.36. The molecule has 0 aromatic carbocycles. The third-order valence-electron chi connectivity index (χ3n) is 6.18. The van der Waals surface area contributed by atoms with Crippen LogP contribution < -0.4 is 21.5 Å².